The molecule has 0 heterocycles. The summed E-state index contributed by atoms with van der Waals surface area (Å²) in [4.78, 5) is 0. The Kier molecular flexibility index (Phi) is 6.82. The number of hydrogen-bond donors (Lipinski definition) is 2. The van der Waals surface area contributed by atoms with E-state index in [0.29, 0.717) is 29.3 Å². The minimum Gasteiger partial charge on any atom is -0.385 e. The van der Waals surface area contributed by atoms with E-state index in [2.05, 4.69) is 16.6 Å². The van der Waals surface area contributed by atoms with Gasteiger partial charge in [0.05, 0.1) is 18.0 Å². The van der Waals surface area contributed by atoms with E-state index in [4.69, 9.17) is 22.1 Å². The van der Waals surface area contributed by atoms with E-state index in [1.54, 1.807) is 12.1 Å². The maximum Gasteiger partial charge on any atom is 0.232 e. The second-order valence-electron chi connectivity index (χ2n) is 3.96. The number of methoxy groups -OCH3 is 1. The topological polar surface area (TPSA) is 81.4 Å². The van der Waals surface area contributed by atoms with Crippen molar-refractivity contribution < 1.29 is 13.2 Å². The summed E-state index contributed by atoms with van der Waals surface area (Å²) in [7, 11) is -1.93. The number of ether oxygens (including phenoxy) is 1. The van der Waals surface area contributed by atoms with Crippen LogP contribution in [0.3, 0.4) is 0 Å². The van der Waals surface area contributed by atoms with Gasteiger partial charge in [0.2, 0.25) is 10.0 Å². The zero-order chi connectivity index (χ0) is 15.0. The second-order valence-corrected chi connectivity index (χ2v) is 6.24. The van der Waals surface area contributed by atoms with Gasteiger partial charge in [0.15, 0.2) is 0 Å². The molecule has 0 unspecified atom stereocenters. The fourth-order valence-electron chi connectivity index (χ4n) is 1.47. The van der Waals surface area contributed by atoms with E-state index in [-0.39, 0.29) is 12.3 Å². The molecule has 0 saturated heterocycles. The van der Waals surface area contributed by atoms with Crippen molar-refractivity contribution in [3.8, 4) is 11.8 Å². The minimum absolute atomic E-state index is 0.0306. The Hall–Kier alpha value is -1.26. The largest absolute Gasteiger partial charge is 0.385 e. The van der Waals surface area contributed by atoms with Crippen molar-refractivity contribution in [2.45, 2.75) is 6.42 Å². The molecule has 0 aliphatic rings. The quantitative estimate of drug-likeness (QED) is 0.614. The van der Waals surface area contributed by atoms with Gasteiger partial charge in [-0.05, 0) is 24.6 Å². The van der Waals surface area contributed by atoms with Crippen molar-refractivity contribution in [1.82, 2.24) is 0 Å². The Morgan fingerprint density at radius 3 is 2.85 bits per heavy atom. The summed E-state index contributed by atoms with van der Waals surface area (Å²) < 4.78 is 31.2. The SMILES string of the molecule is COCCCS(=O)(=O)Nc1cc(Cl)ccc1C#CCN. The van der Waals surface area contributed by atoms with Gasteiger partial charge in [0, 0.05) is 24.3 Å². The molecule has 3 N–H and O–H groups in total. The average molecular weight is 317 g/mol. The predicted octanol–water partition coefficient (Wildman–Crippen LogP) is 1.43. The lowest BCUT2D eigenvalue weighted by Gasteiger charge is -2.10. The molecule has 1 aromatic rings. The van der Waals surface area contributed by atoms with E-state index in [1.807, 2.05) is 0 Å². The van der Waals surface area contributed by atoms with Crippen LogP contribution in [0.2, 0.25) is 5.02 Å². The van der Waals surface area contributed by atoms with Crippen molar-refractivity contribution >= 4 is 27.3 Å². The third kappa shape index (κ3) is 5.80. The normalized spacial score (nSPS) is 10.8. The first-order valence-corrected chi connectivity index (χ1v) is 7.99. The number of nitrogens with two attached hydrogens (primary N) is 1. The molecule has 1 rings (SSSR count). The van der Waals surface area contributed by atoms with E-state index in [0.717, 1.165) is 0 Å². The molecule has 1 aromatic carbocycles. The Balaban J connectivity index is 2.92. The lowest BCUT2D eigenvalue weighted by molar-refractivity contribution is 0.199. The lowest BCUT2D eigenvalue weighted by atomic mass is 10.2. The smallest absolute Gasteiger partial charge is 0.232 e. The van der Waals surface area contributed by atoms with Crippen LogP contribution in [0.1, 0.15) is 12.0 Å². The number of nitrogens with one attached hydrogen (secondary N) is 1. The van der Waals surface area contributed by atoms with Gasteiger partial charge in [-0.25, -0.2) is 8.42 Å². The summed E-state index contributed by atoms with van der Waals surface area (Å²) in [6.07, 6.45) is 0.413. The van der Waals surface area contributed by atoms with Crippen LogP contribution >= 0.6 is 11.6 Å². The van der Waals surface area contributed by atoms with Crippen molar-refractivity contribution in [3.05, 3.63) is 28.8 Å². The highest BCUT2D eigenvalue weighted by molar-refractivity contribution is 7.92. The molecule has 0 aliphatic heterocycles. The first-order valence-electron chi connectivity index (χ1n) is 5.96. The van der Waals surface area contributed by atoms with Crippen molar-refractivity contribution in [3.63, 3.8) is 0 Å². The summed E-state index contributed by atoms with van der Waals surface area (Å²) in [5.74, 6) is 5.46. The third-order valence-corrected chi connectivity index (χ3v) is 3.93. The van der Waals surface area contributed by atoms with Crippen LogP contribution in [0.25, 0.3) is 0 Å². The monoisotopic (exact) mass is 316 g/mol. The zero-order valence-electron chi connectivity index (χ0n) is 11.1. The van der Waals surface area contributed by atoms with Crippen molar-refractivity contribution in [1.29, 1.82) is 0 Å². The van der Waals surface area contributed by atoms with Crippen molar-refractivity contribution in [2.24, 2.45) is 5.73 Å². The molecular formula is C13H17ClN2O3S. The van der Waals surface area contributed by atoms with Crippen LogP contribution in [-0.2, 0) is 14.8 Å². The van der Waals surface area contributed by atoms with Gasteiger partial charge in [0.25, 0.3) is 0 Å². The van der Waals surface area contributed by atoms with Gasteiger partial charge >= 0.3 is 0 Å². The first-order chi connectivity index (χ1) is 9.48. The molecule has 20 heavy (non-hydrogen) atoms. The first kappa shape index (κ1) is 16.8. The van der Waals surface area contributed by atoms with Gasteiger partial charge in [-0.15, -0.1) is 0 Å². The molecular weight excluding hydrogens is 300 g/mol. The zero-order valence-corrected chi connectivity index (χ0v) is 12.7. The second kappa shape index (κ2) is 8.12. The standard InChI is InChI=1S/C13H17ClN2O3S/c1-19-8-3-9-20(17,18)16-13-10-12(14)6-5-11(13)4-2-7-15/h5-6,10,16H,3,7-9,15H2,1H3. The Bertz CT molecular complexity index is 606. The molecule has 0 aromatic heterocycles. The molecule has 0 radical (unpaired) electrons. The van der Waals surface area contributed by atoms with Crippen LogP contribution in [0.5, 0.6) is 0 Å². The molecule has 0 fully saturated rings. The van der Waals surface area contributed by atoms with Crippen molar-refractivity contribution in [2.75, 3.05) is 30.7 Å². The Morgan fingerprint density at radius 1 is 1.45 bits per heavy atom. The number of rotatable bonds is 6. The number of halogens is 1. The van der Waals surface area contributed by atoms with Crippen LogP contribution in [0.4, 0.5) is 5.69 Å². The molecule has 7 heteroatoms. The summed E-state index contributed by atoms with van der Waals surface area (Å²) >= 11 is 5.88. The fraction of sp³-hybridized carbons (Fsp3) is 0.385. The number of benzene rings is 1. The molecule has 0 bridgehead atoms. The average Bonchev–Trinajstić information content (AvgIpc) is 2.37. The highest BCUT2D eigenvalue weighted by Crippen LogP contribution is 2.21. The van der Waals surface area contributed by atoms with Gasteiger partial charge in [-0.3, -0.25) is 4.72 Å². The van der Waals surface area contributed by atoms with Crippen LogP contribution in [0.15, 0.2) is 18.2 Å². The summed E-state index contributed by atoms with van der Waals surface area (Å²) in [6.45, 7) is 0.582. The van der Waals surface area contributed by atoms with Gasteiger partial charge in [-0.1, -0.05) is 23.4 Å². The molecule has 0 spiro atoms. The molecule has 0 atom stereocenters. The molecule has 0 amide bonds. The Morgan fingerprint density at radius 2 is 2.20 bits per heavy atom. The van der Waals surface area contributed by atoms with Gasteiger partial charge in [-0.2, -0.15) is 0 Å². The highest BCUT2D eigenvalue weighted by atomic mass is 35.5. The van der Waals surface area contributed by atoms with Crippen LogP contribution in [0, 0.1) is 11.8 Å². The Labute approximate surface area is 124 Å². The van der Waals surface area contributed by atoms with Gasteiger partial charge < -0.3 is 10.5 Å². The van der Waals surface area contributed by atoms with Gasteiger partial charge in [0.1, 0.15) is 0 Å². The lowest BCUT2D eigenvalue weighted by Crippen LogP contribution is -2.18. The molecule has 0 aliphatic carbocycles. The van der Waals surface area contributed by atoms with Crippen LogP contribution < -0.4 is 10.5 Å². The fourth-order valence-corrected chi connectivity index (χ4v) is 2.74. The summed E-state index contributed by atoms with van der Waals surface area (Å²) in [5, 5.41) is 0.429. The molecule has 110 valence electrons. The summed E-state index contributed by atoms with van der Waals surface area (Å²) in [6, 6.07) is 4.82. The van der Waals surface area contributed by atoms with E-state index in [1.165, 1.54) is 13.2 Å². The highest BCUT2D eigenvalue weighted by Gasteiger charge is 2.12. The number of anilines is 1. The minimum atomic E-state index is -3.46. The number of sulfonamides is 1. The third-order valence-electron chi connectivity index (χ3n) is 2.33. The molecule has 5 nitrogen and oxygen atoms in total. The number of hydrogen-bond acceptors (Lipinski definition) is 4. The molecule has 0 saturated carbocycles. The summed E-state index contributed by atoms with van der Waals surface area (Å²) in [5.41, 5.74) is 6.21. The van der Waals surface area contributed by atoms with E-state index in [9.17, 15) is 8.42 Å². The predicted molar refractivity (Wildman–Crippen MR) is 81.3 cm³/mol. The van der Waals surface area contributed by atoms with E-state index < -0.39 is 10.0 Å². The maximum atomic E-state index is 11.9. The van der Waals surface area contributed by atoms with Crippen LogP contribution in [-0.4, -0.2) is 34.4 Å². The van der Waals surface area contributed by atoms with E-state index >= 15 is 0 Å². The maximum absolute atomic E-state index is 11.9.